The van der Waals surface area contributed by atoms with Crippen LogP contribution in [0.2, 0.25) is 0 Å². The summed E-state index contributed by atoms with van der Waals surface area (Å²) in [5.41, 5.74) is 0.944. The smallest absolute Gasteiger partial charge is 0.263 e. The predicted octanol–water partition coefficient (Wildman–Crippen LogP) is 0.838. The van der Waals surface area contributed by atoms with Crippen LogP contribution in [0.15, 0.2) is 12.1 Å². The summed E-state index contributed by atoms with van der Waals surface area (Å²) in [6.45, 7) is 0.510. The van der Waals surface area contributed by atoms with Gasteiger partial charge in [-0.15, -0.1) is 5.10 Å². The number of aromatic amines is 1. The Balaban J connectivity index is 2.20. The minimum absolute atomic E-state index is 0.425. The van der Waals surface area contributed by atoms with Gasteiger partial charge in [0.2, 0.25) is 5.75 Å². The fourth-order valence-corrected chi connectivity index (χ4v) is 1.66. The van der Waals surface area contributed by atoms with Crippen LogP contribution in [-0.4, -0.2) is 42.0 Å². The van der Waals surface area contributed by atoms with Gasteiger partial charge in [0.05, 0.1) is 21.3 Å². The van der Waals surface area contributed by atoms with Crippen LogP contribution in [0.4, 0.5) is 5.95 Å². The second kappa shape index (κ2) is 5.89. The minimum atomic E-state index is 0.425. The number of ether oxygens (including phenoxy) is 3. The van der Waals surface area contributed by atoms with Gasteiger partial charge in [-0.1, -0.05) is 5.10 Å². The van der Waals surface area contributed by atoms with Crippen molar-refractivity contribution in [3.05, 3.63) is 17.7 Å². The first kappa shape index (κ1) is 12.9. The molecule has 0 saturated heterocycles. The lowest BCUT2D eigenvalue weighted by atomic mass is 10.2. The van der Waals surface area contributed by atoms with Gasteiger partial charge in [-0.05, 0) is 22.9 Å². The van der Waals surface area contributed by atoms with E-state index in [2.05, 4.69) is 25.9 Å². The van der Waals surface area contributed by atoms with Crippen LogP contribution in [0, 0.1) is 0 Å². The Kier molecular flexibility index (Phi) is 4.01. The zero-order valence-electron chi connectivity index (χ0n) is 10.9. The molecule has 1 aromatic carbocycles. The summed E-state index contributed by atoms with van der Waals surface area (Å²) >= 11 is 0. The molecule has 0 saturated carbocycles. The van der Waals surface area contributed by atoms with Crippen molar-refractivity contribution in [3.8, 4) is 17.2 Å². The van der Waals surface area contributed by atoms with Gasteiger partial charge in [-0.25, -0.2) is 0 Å². The van der Waals surface area contributed by atoms with E-state index in [-0.39, 0.29) is 0 Å². The SMILES string of the molecule is COc1cc(CNc2nn[nH]n2)cc(OC)c1OC. The largest absolute Gasteiger partial charge is 0.493 e. The van der Waals surface area contributed by atoms with Crippen LogP contribution >= 0.6 is 0 Å². The Morgan fingerprint density at radius 3 is 2.26 bits per heavy atom. The summed E-state index contributed by atoms with van der Waals surface area (Å²) in [5, 5.41) is 16.5. The number of nitrogens with zero attached hydrogens (tertiary/aromatic N) is 3. The molecule has 0 aliphatic rings. The second-order valence-corrected chi connectivity index (χ2v) is 3.62. The molecule has 8 nitrogen and oxygen atoms in total. The Morgan fingerprint density at radius 1 is 1.11 bits per heavy atom. The van der Waals surface area contributed by atoms with E-state index in [0.29, 0.717) is 29.7 Å². The highest BCUT2D eigenvalue weighted by Crippen LogP contribution is 2.38. The van der Waals surface area contributed by atoms with Gasteiger partial charge < -0.3 is 19.5 Å². The molecule has 0 amide bonds. The molecule has 2 aromatic rings. The number of H-pyrrole nitrogens is 1. The third kappa shape index (κ3) is 2.84. The summed E-state index contributed by atoms with van der Waals surface area (Å²) in [5.74, 6) is 2.19. The molecule has 102 valence electrons. The number of rotatable bonds is 6. The van der Waals surface area contributed by atoms with Crippen molar-refractivity contribution < 1.29 is 14.2 Å². The molecule has 0 fully saturated rings. The van der Waals surface area contributed by atoms with Crippen molar-refractivity contribution in [2.24, 2.45) is 0 Å². The molecular weight excluding hydrogens is 250 g/mol. The summed E-state index contributed by atoms with van der Waals surface area (Å²) in [7, 11) is 4.72. The third-order valence-electron chi connectivity index (χ3n) is 2.52. The topological polar surface area (TPSA) is 94.2 Å². The minimum Gasteiger partial charge on any atom is -0.493 e. The standard InChI is InChI=1S/C11H15N5O3/c1-17-8-4-7(5-9(18-2)10(8)19-3)6-12-11-13-15-16-14-11/h4-5H,6H2,1-3H3,(H2,12,13,14,15,16). The Labute approximate surface area is 110 Å². The second-order valence-electron chi connectivity index (χ2n) is 3.62. The van der Waals surface area contributed by atoms with Gasteiger partial charge >= 0.3 is 0 Å². The molecule has 19 heavy (non-hydrogen) atoms. The van der Waals surface area contributed by atoms with Gasteiger partial charge in [-0.2, -0.15) is 5.21 Å². The fourth-order valence-electron chi connectivity index (χ4n) is 1.66. The third-order valence-corrected chi connectivity index (χ3v) is 2.52. The maximum atomic E-state index is 5.27. The number of hydrogen-bond acceptors (Lipinski definition) is 7. The van der Waals surface area contributed by atoms with E-state index in [9.17, 15) is 0 Å². The maximum absolute atomic E-state index is 5.27. The van der Waals surface area contributed by atoms with Gasteiger partial charge in [0.15, 0.2) is 11.5 Å². The molecule has 0 spiro atoms. The number of aromatic nitrogens is 4. The average Bonchev–Trinajstić information content (AvgIpc) is 2.97. The van der Waals surface area contributed by atoms with E-state index in [4.69, 9.17) is 14.2 Å². The van der Waals surface area contributed by atoms with E-state index in [1.165, 1.54) is 0 Å². The fraction of sp³-hybridized carbons (Fsp3) is 0.364. The summed E-state index contributed by atoms with van der Waals surface area (Å²) in [6.07, 6.45) is 0. The van der Waals surface area contributed by atoms with Gasteiger partial charge in [-0.3, -0.25) is 0 Å². The van der Waals surface area contributed by atoms with Crippen LogP contribution in [-0.2, 0) is 6.54 Å². The first-order chi connectivity index (χ1) is 9.28. The van der Waals surface area contributed by atoms with E-state index in [1.807, 2.05) is 12.1 Å². The molecule has 0 atom stereocenters. The molecule has 2 rings (SSSR count). The quantitative estimate of drug-likeness (QED) is 0.799. The van der Waals surface area contributed by atoms with Crippen molar-refractivity contribution in [3.63, 3.8) is 0 Å². The normalized spacial score (nSPS) is 10.1. The molecule has 0 aliphatic heterocycles. The lowest BCUT2D eigenvalue weighted by Crippen LogP contribution is -2.03. The molecular formula is C11H15N5O3. The van der Waals surface area contributed by atoms with E-state index in [0.717, 1.165) is 5.56 Å². The monoisotopic (exact) mass is 265 g/mol. The highest BCUT2D eigenvalue weighted by molar-refractivity contribution is 5.54. The lowest BCUT2D eigenvalue weighted by molar-refractivity contribution is 0.324. The Bertz CT molecular complexity index is 504. The van der Waals surface area contributed by atoms with Crippen molar-refractivity contribution >= 4 is 5.95 Å². The number of hydrogen-bond donors (Lipinski definition) is 2. The zero-order valence-corrected chi connectivity index (χ0v) is 10.9. The molecule has 0 aliphatic carbocycles. The molecule has 2 N–H and O–H groups in total. The highest BCUT2D eigenvalue weighted by Gasteiger charge is 2.13. The molecule has 0 radical (unpaired) electrons. The highest BCUT2D eigenvalue weighted by atomic mass is 16.5. The van der Waals surface area contributed by atoms with E-state index >= 15 is 0 Å². The lowest BCUT2D eigenvalue weighted by Gasteiger charge is -2.14. The van der Waals surface area contributed by atoms with Gasteiger partial charge in [0, 0.05) is 6.54 Å². The summed E-state index contributed by atoms with van der Waals surface area (Å²) < 4.78 is 15.8. The van der Waals surface area contributed by atoms with Crippen LogP contribution in [0.25, 0.3) is 0 Å². The summed E-state index contributed by atoms with van der Waals surface area (Å²) in [6, 6.07) is 3.71. The van der Waals surface area contributed by atoms with Crippen molar-refractivity contribution in [1.82, 2.24) is 20.6 Å². The van der Waals surface area contributed by atoms with Crippen LogP contribution in [0.3, 0.4) is 0 Å². The number of benzene rings is 1. The molecule has 0 bridgehead atoms. The van der Waals surface area contributed by atoms with Crippen molar-refractivity contribution in [1.29, 1.82) is 0 Å². The maximum Gasteiger partial charge on any atom is 0.263 e. The average molecular weight is 265 g/mol. The number of methoxy groups -OCH3 is 3. The van der Waals surface area contributed by atoms with Crippen molar-refractivity contribution in [2.75, 3.05) is 26.6 Å². The first-order valence-electron chi connectivity index (χ1n) is 5.54. The molecule has 8 heteroatoms. The number of nitrogens with one attached hydrogen (secondary N) is 2. The predicted molar refractivity (Wildman–Crippen MR) is 67.6 cm³/mol. The van der Waals surface area contributed by atoms with Gasteiger partial charge in [0.25, 0.3) is 5.95 Å². The Morgan fingerprint density at radius 2 is 1.79 bits per heavy atom. The molecule has 1 heterocycles. The van der Waals surface area contributed by atoms with Crippen LogP contribution in [0.1, 0.15) is 5.56 Å². The number of tetrazole rings is 1. The number of anilines is 1. The molecule has 1 aromatic heterocycles. The first-order valence-corrected chi connectivity index (χ1v) is 5.54. The van der Waals surface area contributed by atoms with Crippen LogP contribution in [0.5, 0.6) is 17.2 Å². The van der Waals surface area contributed by atoms with Gasteiger partial charge in [0.1, 0.15) is 0 Å². The Hall–Kier alpha value is -2.51. The summed E-state index contributed by atoms with van der Waals surface area (Å²) in [4.78, 5) is 0. The van der Waals surface area contributed by atoms with E-state index < -0.39 is 0 Å². The molecule has 0 unspecified atom stereocenters. The van der Waals surface area contributed by atoms with Crippen molar-refractivity contribution in [2.45, 2.75) is 6.54 Å². The van der Waals surface area contributed by atoms with Crippen LogP contribution < -0.4 is 19.5 Å². The zero-order chi connectivity index (χ0) is 13.7. The van der Waals surface area contributed by atoms with E-state index in [1.54, 1.807) is 21.3 Å².